The summed E-state index contributed by atoms with van der Waals surface area (Å²) in [5.41, 5.74) is 4.74. The topological polar surface area (TPSA) is 20.3 Å². The molecule has 126 valence electrons. The van der Waals surface area contributed by atoms with E-state index < -0.39 is 0 Å². The molecule has 0 aromatic heterocycles. The Morgan fingerprint density at radius 3 is 1.72 bits per heavy atom. The zero-order valence-electron chi connectivity index (χ0n) is 14.6. The van der Waals surface area contributed by atoms with Gasteiger partial charge in [0.15, 0.2) is 0 Å². The first kappa shape index (κ1) is 17.0. The number of nitrogens with zero attached hydrogens (tertiary/aromatic N) is 1. The predicted octanol–water partition coefficient (Wildman–Crippen LogP) is 5.02. The van der Waals surface area contributed by atoms with Crippen molar-refractivity contribution < 1.29 is 4.79 Å². The lowest BCUT2D eigenvalue weighted by Gasteiger charge is -2.27. The van der Waals surface area contributed by atoms with Crippen LogP contribution in [-0.2, 0) is 24.3 Å². The molecule has 0 unspecified atom stereocenters. The molecule has 3 rings (SSSR count). The Morgan fingerprint density at radius 2 is 1.20 bits per heavy atom. The summed E-state index contributed by atoms with van der Waals surface area (Å²) in [7, 11) is 0. The van der Waals surface area contributed by atoms with Gasteiger partial charge in [-0.05, 0) is 29.7 Å². The summed E-state index contributed by atoms with van der Waals surface area (Å²) in [5, 5.41) is 0. The maximum Gasteiger partial charge on any atom is 0.134 e. The van der Waals surface area contributed by atoms with Crippen LogP contribution in [0.2, 0.25) is 0 Å². The Bertz CT molecular complexity index is 770. The summed E-state index contributed by atoms with van der Waals surface area (Å²) in [6, 6.07) is 29.1. The van der Waals surface area contributed by atoms with Crippen molar-refractivity contribution in [3.63, 3.8) is 0 Å². The number of anilines is 1. The normalized spacial score (nSPS) is 10.4. The number of para-hydroxylation sites is 1. The van der Waals surface area contributed by atoms with Gasteiger partial charge in [0.1, 0.15) is 5.78 Å². The second kappa shape index (κ2) is 8.29. The van der Waals surface area contributed by atoms with E-state index in [1.807, 2.05) is 24.3 Å². The van der Waals surface area contributed by atoms with Crippen molar-refractivity contribution in [2.75, 3.05) is 4.90 Å². The average Bonchev–Trinajstić information content (AvgIpc) is 2.63. The third-order valence-corrected chi connectivity index (χ3v) is 4.20. The standard InChI is InChI=1S/C23H23NO/c1-19(25)16-22-14-8-9-15-23(22)24(17-20-10-4-2-5-11-20)18-21-12-6-3-7-13-21/h2-15H,16-18H2,1H3. The van der Waals surface area contributed by atoms with Gasteiger partial charge in [0, 0.05) is 25.2 Å². The van der Waals surface area contributed by atoms with Crippen LogP contribution < -0.4 is 4.90 Å². The molecule has 0 amide bonds. The molecule has 0 atom stereocenters. The van der Waals surface area contributed by atoms with E-state index >= 15 is 0 Å². The Kier molecular flexibility index (Phi) is 5.63. The van der Waals surface area contributed by atoms with Gasteiger partial charge in [0.05, 0.1) is 0 Å². The number of benzene rings is 3. The Balaban J connectivity index is 1.94. The molecule has 3 aromatic carbocycles. The minimum atomic E-state index is 0.187. The van der Waals surface area contributed by atoms with Crippen LogP contribution in [0.1, 0.15) is 23.6 Å². The Hall–Kier alpha value is -2.87. The molecule has 0 heterocycles. The van der Waals surface area contributed by atoms with Gasteiger partial charge in [-0.2, -0.15) is 0 Å². The van der Waals surface area contributed by atoms with Crippen molar-refractivity contribution in [1.29, 1.82) is 0 Å². The molecule has 0 bridgehead atoms. The number of ketones is 1. The molecular formula is C23H23NO. The van der Waals surface area contributed by atoms with Crippen LogP contribution in [0.4, 0.5) is 5.69 Å². The first-order chi connectivity index (χ1) is 12.2. The Labute approximate surface area is 149 Å². The molecule has 0 N–H and O–H groups in total. The summed E-state index contributed by atoms with van der Waals surface area (Å²) in [6.45, 7) is 3.27. The van der Waals surface area contributed by atoms with E-state index in [0.29, 0.717) is 6.42 Å². The maximum absolute atomic E-state index is 11.7. The number of rotatable bonds is 7. The molecule has 2 nitrogen and oxygen atoms in total. The van der Waals surface area contributed by atoms with Crippen LogP contribution in [0, 0.1) is 0 Å². The molecule has 0 aliphatic carbocycles. The van der Waals surface area contributed by atoms with Crippen molar-refractivity contribution >= 4 is 11.5 Å². The van der Waals surface area contributed by atoms with Crippen molar-refractivity contribution in [1.82, 2.24) is 0 Å². The highest BCUT2D eigenvalue weighted by molar-refractivity contribution is 5.80. The minimum Gasteiger partial charge on any atom is -0.363 e. The average molecular weight is 329 g/mol. The van der Waals surface area contributed by atoms with Gasteiger partial charge in [0.25, 0.3) is 0 Å². The molecule has 25 heavy (non-hydrogen) atoms. The lowest BCUT2D eigenvalue weighted by molar-refractivity contribution is -0.116. The second-order valence-corrected chi connectivity index (χ2v) is 6.33. The lowest BCUT2D eigenvalue weighted by atomic mass is 10.0. The van der Waals surface area contributed by atoms with E-state index in [-0.39, 0.29) is 5.78 Å². The van der Waals surface area contributed by atoms with Crippen LogP contribution >= 0.6 is 0 Å². The highest BCUT2D eigenvalue weighted by atomic mass is 16.1. The largest absolute Gasteiger partial charge is 0.363 e. The van der Waals surface area contributed by atoms with E-state index in [1.54, 1.807) is 6.92 Å². The minimum absolute atomic E-state index is 0.187. The van der Waals surface area contributed by atoms with Crippen LogP contribution in [0.3, 0.4) is 0 Å². The van der Waals surface area contributed by atoms with Gasteiger partial charge >= 0.3 is 0 Å². The number of carbonyl (C=O) groups is 1. The molecule has 0 saturated carbocycles. The second-order valence-electron chi connectivity index (χ2n) is 6.33. The molecule has 0 saturated heterocycles. The van der Waals surface area contributed by atoms with E-state index in [1.165, 1.54) is 11.1 Å². The fraction of sp³-hybridized carbons (Fsp3) is 0.174. The van der Waals surface area contributed by atoms with Gasteiger partial charge in [-0.3, -0.25) is 4.79 Å². The SMILES string of the molecule is CC(=O)Cc1ccccc1N(Cc1ccccc1)Cc1ccccc1. The third kappa shape index (κ3) is 4.80. The van der Waals surface area contributed by atoms with Crippen molar-refractivity contribution in [3.8, 4) is 0 Å². The van der Waals surface area contributed by atoms with Gasteiger partial charge < -0.3 is 4.90 Å². The van der Waals surface area contributed by atoms with E-state index in [2.05, 4.69) is 65.6 Å². The fourth-order valence-electron chi connectivity index (χ4n) is 3.07. The quantitative estimate of drug-likeness (QED) is 0.606. The van der Waals surface area contributed by atoms with Gasteiger partial charge in [-0.25, -0.2) is 0 Å². The number of hydrogen-bond donors (Lipinski definition) is 0. The summed E-state index contributed by atoms with van der Waals surface area (Å²) >= 11 is 0. The summed E-state index contributed by atoms with van der Waals surface area (Å²) in [4.78, 5) is 14.0. The van der Waals surface area contributed by atoms with Crippen LogP contribution in [0.25, 0.3) is 0 Å². The van der Waals surface area contributed by atoms with E-state index in [0.717, 1.165) is 24.3 Å². The third-order valence-electron chi connectivity index (χ3n) is 4.20. The molecule has 2 heteroatoms. The fourth-order valence-corrected chi connectivity index (χ4v) is 3.07. The van der Waals surface area contributed by atoms with E-state index in [9.17, 15) is 4.79 Å². The predicted molar refractivity (Wildman–Crippen MR) is 104 cm³/mol. The smallest absolute Gasteiger partial charge is 0.134 e. The van der Waals surface area contributed by atoms with E-state index in [4.69, 9.17) is 0 Å². The molecular weight excluding hydrogens is 306 g/mol. The molecule has 3 aromatic rings. The molecule has 0 spiro atoms. The molecule has 0 aliphatic rings. The summed E-state index contributed by atoms with van der Waals surface area (Å²) in [5.74, 6) is 0.187. The highest BCUT2D eigenvalue weighted by Crippen LogP contribution is 2.25. The van der Waals surface area contributed by atoms with Crippen LogP contribution in [0.5, 0.6) is 0 Å². The van der Waals surface area contributed by atoms with Crippen molar-refractivity contribution in [2.45, 2.75) is 26.4 Å². The monoisotopic (exact) mass is 329 g/mol. The molecule has 0 radical (unpaired) electrons. The zero-order chi connectivity index (χ0) is 17.5. The van der Waals surface area contributed by atoms with Crippen molar-refractivity contribution in [3.05, 3.63) is 102 Å². The number of hydrogen-bond acceptors (Lipinski definition) is 2. The van der Waals surface area contributed by atoms with Gasteiger partial charge in [-0.15, -0.1) is 0 Å². The Morgan fingerprint density at radius 1 is 0.720 bits per heavy atom. The molecule has 0 aliphatic heterocycles. The highest BCUT2D eigenvalue weighted by Gasteiger charge is 2.13. The first-order valence-electron chi connectivity index (χ1n) is 8.62. The maximum atomic E-state index is 11.7. The van der Waals surface area contributed by atoms with Gasteiger partial charge in [-0.1, -0.05) is 78.9 Å². The van der Waals surface area contributed by atoms with Crippen LogP contribution in [-0.4, -0.2) is 5.78 Å². The number of carbonyl (C=O) groups excluding carboxylic acids is 1. The lowest BCUT2D eigenvalue weighted by Crippen LogP contribution is -2.23. The number of Topliss-reactive ketones (excluding diaryl/α,β-unsaturated/α-hetero) is 1. The summed E-state index contributed by atoms with van der Waals surface area (Å²) in [6.07, 6.45) is 0.469. The summed E-state index contributed by atoms with van der Waals surface area (Å²) < 4.78 is 0. The zero-order valence-corrected chi connectivity index (χ0v) is 14.6. The van der Waals surface area contributed by atoms with Gasteiger partial charge in [0.2, 0.25) is 0 Å². The first-order valence-corrected chi connectivity index (χ1v) is 8.62. The van der Waals surface area contributed by atoms with Crippen molar-refractivity contribution in [2.24, 2.45) is 0 Å². The molecule has 0 fully saturated rings. The van der Waals surface area contributed by atoms with Crippen LogP contribution in [0.15, 0.2) is 84.9 Å².